The third-order valence-electron chi connectivity index (χ3n) is 3.52. The number of halogens is 1. The van der Waals surface area contributed by atoms with Crippen LogP contribution in [0.1, 0.15) is 32.3 Å². The van der Waals surface area contributed by atoms with Gasteiger partial charge in [-0.05, 0) is 25.0 Å². The number of nitrogens with two attached hydrogens (primary N) is 1. The van der Waals surface area contributed by atoms with Crippen molar-refractivity contribution in [2.75, 3.05) is 0 Å². The highest BCUT2D eigenvalue weighted by molar-refractivity contribution is 5.91. The number of nitrogens with one attached hydrogen (secondary N) is 2. The molecule has 1 aromatic carbocycles. The molecule has 0 heterocycles. The molecule has 0 unspecified atom stereocenters. The fourth-order valence-electron chi connectivity index (χ4n) is 2.24. The van der Waals surface area contributed by atoms with Crippen molar-refractivity contribution >= 4 is 23.5 Å². The van der Waals surface area contributed by atoms with E-state index < -0.39 is 35.6 Å². The largest absolute Gasteiger partial charge is 0.368 e. The van der Waals surface area contributed by atoms with Crippen LogP contribution in [0.25, 0.3) is 0 Å². The van der Waals surface area contributed by atoms with Crippen LogP contribution in [-0.2, 0) is 25.6 Å². The molecule has 0 aliphatic heterocycles. The Morgan fingerprint density at radius 3 is 2.24 bits per heavy atom. The van der Waals surface area contributed by atoms with Crippen molar-refractivity contribution < 1.29 is 23.6 Å². The highest BCUT2D eigenvalue weighted by Crippen LogP contribution is 2.10. The summed E-state index contributed by atoms with van der Waals surface area (Å²) in [5.74, 6) is -2.59. The number of benzene rings is 1. The molecule has 0 fully saturated rings. The van der Waals surface area contributed by atoms with E-state index in [0.29, 0.717) is 0 Å². The molecule has 2 atom stereocenters. The minimum Gasteiger partial charge on any atom is -0.368 e. The molecule has 7 nitrogen and oxygen atoms in total. The van der Waals surface area contributed by atoms with Gasteiger partial charge >= 0.3 is 0 Å². The average molecular weight is 351 g/mol. The van der Waals surface area contributed by atoms with E-state index in [-0.39, 0.29) is 30.6 Å². The molecular formula is C17H22FN3O4. The van der Waals surface area contributed by atoms with Crippen molar-refractivity contribution in [1.29, 1.82) is 0 Å². The number of hydrogen-bond donors (Lipinski definition) is 3. The Morgan fingerprint density at radius 1 is 1.08 bits per heavy atom. The summed E-state index contributed by atoms with van der Waals surface area (Å²) in [6, 6.07) is 3.75. The number of rotatable bonds is 9. The van der Waals surface area contributed by atoms with E-state index in [2.05, 4.69) is 10.6 Å². The van der Waals surface area contributed by atoms with E-state index in [4.69, 9.17) is 5.73 Å². The maximum atomic E-state index is 13.8. The van der Waals surface area contributed by atoms with Crippen LogP contribution in [0.2, 0.25) is 0 Å². The Bertz CT molecular complexity index is 663. The predicted molar refractivity (Wildman–Crippen MR) is 88.7 cm³/mol. The molecule has 0 radical (unpaired) electrons. The summed E-state index contributed by atoms with van der Waals surface area (Å²) < 4.78 is 13.8. The van der Waals surface area contributed by atoms with Crippen LogP contribution in [0.5, 0.6) is 0 Å². The second kappa shape index (κ2) is 9.51. The van der Waals surface area contributed by atoms with Crippen molar-refractivity contribution in [3.63, 3.8) is 0 Å². The molecule has 0 spiro atoms. The van der Waals surface area contributed by atoms with E-state index >= 15 is 0 Å². The van der Waals surface area contributed by atoms with Crippen LogP contribution >= 0.6 is 0 Å². The minimum absolute atomic E-state index is 0.0584. The van der Waals surface area contributed by atoms with E-state index in [1.165, 1.54) is 32.0 Å². The molecule has 1 aromatic rings. The van der Waals surface area contributed by atoms with E-state index in [1.807, 2.05) is 0 Å². The van der Waals surface area contributed by atoms with Crippen LogP contribution in [0.3, 0.4) is 0 Å². The van der Waals surface area contributed by atoms with Crippen molar-refractivity contribution in [2.24, 2.45) is 5.73 Å². The van der Waals surface area contributed by atoms with E-state index in [9.17, 15) is 23.6 Å². The highest BCUT2D eigenvalue weighted by atomic mass is 19.1. The number of ketones is 1. The Balaban J connectivity index is 2.87. The molecule has 0 aliphatic carbocycles. The van der Waals surface area contributed by atoms with Gasteiger partial charge < -0.3 is 21.2 Å². The molecule has 136 valence electrons. The maximum Gasteiger partial charge on any atom is 0.243 e. The zero-order chi connectivity index (χ0) is 19.0. The second-order valence-electron chi connectivity index (χ2n) is 5.75. The number of amides is 3. The summed E-state index contributed by atoms with van der Waals surface area (Å²) in [5.41, 5.74) is 5.48. The quantitative estimate of drug-likeness (QED) is 0.589. The minimum atomic E-state index is -1.08. The summed E-state index contributed by atoms with van der Waals surface area (Å²) >= 11 is 0. The summed E-state index contributed by atoms with van der Waals surface area (Å²) in [7, 11) is 0. The lowest BCUT2D eigenvalue weighted by molar-refractivity contribution is -0.131. The first-order chi connectivity index (χ1) is 11.7. The molecule has 1 rings (SSSR count). The Hall–Kier alpha value is -2.77. The normalized spacial score (nSPS) is 12.8. The average Bonchev–Trinajstić information content (AvgIpc) is 2.51. The summed E-state index contributed by atoms with van der Waals surface area (Å²) in [6.07, 6.45) is 0.0468. The molecule has 8 heteroatoms. The SMILES string of the molecule is CC(=O)CC[C@@H](NC(=O)[C@@H](Cc1ccccc1F)NC(C)=O)C(N)=O. The van der Waals surface area contributed by atoms with Crippen LogP contribution < -0.4 is 16.4 Å². The van der Waals surface area contributed by atoms with E-state index in [1.54, 1.807) is 6.07 Å². The van der Waals surface area contributed by atoms with Gasteiger partial charge in [0.2, 0.25) is 17.7 Å². The Labute approximate surface area is 145 Å². The van der Waals surface area contributed by atoms with Crippen LogP contribution in [0.15, 0.2) is 24.3 Å². The molecule has 3 amide bonds. The first-order valence-electron chi connectivity index (χ1n) is 7.80. The van der Waals surface area contributed by atoms with Gasteiger partial charge in [-0.1, -0.05) is 18.2 Å². The fourth-order valence-corrected chi connectivity index (χ4v) is 2.24. The van der Waals surface area contributed by atoms with Gasteiger partial charge in [0.1, 0.15) is 23.7 Å². The monoisotopic (exact) mass is 351 g/mol. The van der Waals surface area contributed by atoms with Crippen molar-refractivity contribution in [3.8, 4) is 0 Å². The van der Waals surface area contributed by atoms with Crippen molar-refractivity contribution in [2.45, 2.75) is 45.2 Å². The third-order valence-corrected chi connectivity index (χ3v) is 3.52. The molecule has 0 aliphatic rings. The molecule has 0 saturated heterocycles. The smallest absolute Gasteiger partial charge is 0.243 e. The predicted octanol–water partition coefficient (Wildman–Crippen LogP) is 0.212. The van der Waals surface area contributed by atoms with E-state index in [0.717, 1.165) is 0 Å². The Kier molecular flexibility index (Phi) is 7.71. The van der Waals surface area contributed by atoms with Crippen LogP contribution in [-0.4, -0.2) is 35.6 Å². The maximum absolute atomic E-state index is 13.8. The fraction of sp³-hybridized carbons (Fsp3) is 0.412. The molecule has 0 bridgehead atoms. The first kappa shape index (κ1) is 20.3. The molecular weight excluding hydrogens is 329 g/mol. The van der Waals surface area contributed by atoms with Crippen LogP contribution in [0, 0.1) is 5.82 Å². The summed E-state index contributed by atoms with van der Waals surface area (Å²) in [6.45, 7) is 2.58. The molecule has 25 heavy (non-hydrogen) atoms. The molecule has 0 aromatic heterocycles. The lowest BCUT2D eigenvalue weighted by atomic mass is 10.0. The van der Waals surface area contributed by atoms with Crippen molar-refractivity contribution in [1.82, 2.24) is 10.6 Å². The van der Waals surface area contributed by atoms with Gasteiger partial charge in [0.05, 0.1) is 0 Å². The summed E-state index contributed by atoms with van der Waals surface area (Å²) in [5, 5.41) is 4.84. The lowest BCUT2D eigenvalue weighted by Crippen LogP contribution is -2.53. The first-order valence-corrected chi connectivity index (χ1v) is 7.80. The number of Topliss-reactive ketones (excluding diaryl/α,β-unsaturated/α-hetero) is 1. The summed E-state index contributed by atoms with van der Waals surface area (Å²) in [4.78, 5) is 46.3. The highest BCUT2D eigenvalue weighted by Gasteiger charge is 2.26. The zero-order valence-corrected chi connectivity index (χ0v) is 14.2. The van der Waals surface area contributed by atoms with Gasteiger partial charge in [-0.2, -0.15) is 0 Å². The number of carbonyl (C=O) groups excluding carboxylic acids is 4. The topological polar surface area (TPSA) is 118 Å². The van der Waals surface area contributed by atoms with Crippen LogP contribution in [0.4, 0.5) is 4.39 Å². The standard InChI is InChI=1S/C17H22FN3O4/c1-10(22)7-8-14(16(19)24)21-17(25)15(20-11(2)23)9-12-5-3-4-6-13(12)18/h3-6,14-15H,7-9H2,1-2H3,(H2,19,24)(H,20,23)(H,21,25)/t14-,15-/m1/s1. The third kappa shape index (κ3) is 7.11. The van der Waals surface area contributed by atoms with Gasteiger partial charge in [-0.3, -0.25) is 14.4 Å². The number of hydrogen-bond acceptors (Lipinski definition) is 4. The number of primary amides is 1. The Morgan fingerprint density at radius 2 is 1.72 bits per heavy atom. The lowest BCUT2D eigenvalue weighted by Gasteiger charge is -2.21. The van der Waals surface area contributed by atoms with Gasteiger partial charge in [0.25, 0.3) is 0 Å². The van der Waals surface area contributed by atoms with Gasteiger partial charge in [0, 0.05) is 19.8 Å². The van der Waals surface area contributed by atoms with Gasteiger partial charge in [-0.25, -0.2) is 4.39 Å². The van der Waals surface area contributed by atoms with Gasteiger partial charge in [-0.15, -0.1) is 0 Å². The molecule has 4 N–H and O–H groups in total. The van der Waals surface area contributed by atoms with Crippen molar-refractivity contribution in [3.05, 3.63) is 35.6 Å². The second-order valence-corrected chi connectivity index (χ2v) is 5.75. The van der Waals surface area contributed by atoms with Gasteiger partial charge in [0.15, 0.2) is 0 Å². The zero-order valence-electron chi connectivity index (χ0n) is 14.2. The molecule has 0 saturated carbocycles. The number of carbonyl (C=O) groups is 4.